The molecule has 2 amide bonds. The molecular formula is C29H29N7O3. The highest BCUT2D eigenvalue weighted by molar-refractivity contribution is 6.04. The third kappa shape index (κ3) is 5.44. The van der Waals surface area contributed by atoms with Gasteiger partial charge in [-0.3, -0.25) is 14.0 Å². The first-order valence-electron chi connectivity index (χ1n) is 12.7. The maximum absolute atomic E-state index is 13.0. The zero-order valence-corrected chi connectivity index (χ0v) is 22.0. The lowest BCUT2D eigenvalue weighted by Crippen LogP contribution is -2.31. The Morgan fingerprint density at radius 1 is 1.10 bits per heavy atom. The Labute approximate surface area is 226 Å². The SMILES string of the molecule is CNc1nccn2c(C3CCCN3C(=O)C#CC(C)(C)O)nc(-c3ccc(C(=O)Nc4ccccn4)cc3)c12. The van der Waals surface area contributed by atoms with Gasteiger partial charge in [0.05, 0.1) is 6.04 Å². The molecule has 3 aromatic heterocycles. The second kappa shape index (κ2) is 10.6. The van der Waals surface area contributed by atoms with Crippen molar-refractivity contribution in [2.24, 2.45) is 0 Å². The number of nitrogens with zero attached hydrogens (tertiary/aromatic N) is 5. The lowest BCUT2D eigenvalue weighted by atomic mass is 10.1. The van der Waals surface area contributed by atoms with Crippen molar-refractivity contribution >= 4 is 29.0 Å². The predicted molar refractivity (Wildman–Crippen MR) is 148 cm³/mol. The van der Waals surface area contributed by atoms with Crippen molar-refractivity contribution in [1.29, 1.82) is 0 Å². The molecule has 1 unspecified atom stereocenters. The van der Waals surface area contributed by atoms with E-state index in [1.165, 1.54) is 0 Å². The molecule has 0 aliphatic carbocycles. The van der Waals surface area contributed by atoms with Crippen LogP contribution in [0.15, 0.2) is 61.1 Å². The van der Waals surface area contributed by atoms with Gasteiger partial charge in [0.1, 0.15) is 28.5 Å². The van der Waals surface area contributed by atoms with Gasteiger partial charge in [-0.05, 0) is 56.9 Å². The fraction of sp³-hybridized carbons (Fsp3) is 0.276. The molecule has 10 heteroatoms. The van der Waals surface area contributed by atoms with Crippen LogP contribution in [0.5, 0.6) is 0 Å². The van der Waals surface area contributed by atoms with Crippen LogP contribution in [-0.2, 0) is 4.79 Å². The third-order valence-corrected chi connectivity index (χ3v) is 6.43. The van der Waals surface area contributed by atoms with Crippen molar-refractivity contribution in [3.63, 3.8) is 0 Å². The van der Waals surface area contributed by atoms with Crippen molar-refractivity contribution < 1.29 is 14.7 Å². The summed E-state index contributed by atoms with van der Waals surface area (Å²) in [7, 11) is 1.79. The lowest BCUT2D eigenvalue weighted by Gasteiger charge is -2.21. The predicted octanol–water partition coefficient (Wildman–Crippen LogP) is 3.52. The minimum absolute atomic E-state index is 0.263. The Morgan fingerprint density at radius 3 is 2.59 bits per heavy atom. The first-order chi connectivity index (χ1) is 18.7. The molecule has 0 spiro atoms. The van der Waals surface area contributed by atoms with E-state index in [0.29, 0.717) is 35.3 Å². The summed E-state index contributed by atoms with van der Waals surface area (Å²) in [5.41, 5.74) is 1.48. The van der Waals surface area contributed by atoms with E-state index in [0.717, 1.165) is 23.9 Å². The standard InChI is InChI=1S/C29H29N7O3/c1-29(2,39)14-13-23(37)35-17-6-7-21(35)27-34-24(25-26(30-3)32-16-18-36(25)27)19-9-11-20(12-10-19)28(38)33-22-8-4-5-15-31-22/h4-5,8-12,15-16,18,21,39H,6-7,17H2,1-3H3,(H,30,32)(H,31,33,38). The summed E-state index contributed by atoms with van der Waals surface area (Å²) in [6.45, 7) is 3.64. The van der Waals surface area contributed by atoms with Crippen molar-refractivity contribution in [3.05, 3.63) is 72.4 Å². The van der Waals surface area contributed by atoms with Crippen molar-refractivity contribution in [3.8, 4) is 23.1 Å². The number of aromatic nitrogens is 4. The van der Waals surface area contributed by atoms with Gasteiger partial charge < -0.3 is 20.6 Å². The summed E-state index contributed by atoms with van der Waals surface area (Å²) < 4.78 is 1.95. The number of fused-ring (bicyclic) bond motifs is 1. The molecule has 4 heterocycles. The van der Waals surface area contributed by atoms with Gasteiger partial charge in [0.15, 0.2) is 5.82 Å². The molecule has 10 nitrogen and oxygen atoms in total. The number of carbonyl (C=O) groups excluding carboxylic acids is 2. The Bertz CT molecular complexity index is 1580. The van der Waals surface area contributed by atoms with E-state index in [9.17, 15) is 14.7 Å². The molecule has 1 aliphatic heterocycles. The first-order valence-corrected chi connectivity index (χ1v) is 12.7. The quantitative estimate of drug-likeness (QED) is 0.342. The number of hydrogen-bond acceptors (Lipinski definition) is 7. The van der Waals surface area contributed by atoms with E-state index >= 15 is 0 Å². The van der Waals surface area contributed by atoms with Gasteiger partial charge in [0, 0.05) is 43.3 Å². The number of hydrogen-bond donors (Lipinski definition) is 3. The molecule has 4 aromatic rings. The third-order valence-electron chi connectivity index (χ3n) is 6.43. The molecule has 1 atom stereocenters. The fourth-order valence-corrected chi connectivity index (χ4v) is 4.64. The van der Waals surface area contributed by atoms with Crippen LogP contribution < -0.4 is 10.6 Å². The maximum Gasteiger partial charge on any atom is 0.299 e. The number of nitrogens with one attached hydrogen (secondary N) is 2. The van der Waals surface area contributed by atoms with Gasteiger partial charge in [-0.25, -0.2) is 15.0 Å². The highest BCUT2D eigenvalue weighted by Gasteiger charge is 2.34. The Balaban J connectivity index is 1.51. The average Bonchev–Trinajstić information content (AvgIpc) is 3.57. The summed E-state index contributed by atoms with van der Waals surface area (Å²) in [6.07, 6.45) is 6.69. The highest BCUT2D eigenvalue weighted by Crippen LogP contribution is 2.37. The highest BCUT2D eigenvalue weighted by atomic mass is 16.3. The zero-order valence-electron chi connectivity index (χ0n) is 22.0. The molecule has 39 heavy (non-hydrogen) atoms. The van der Waals surface area contributed by atoms with E-state index < -0.39 is 5.60 Å². The number of imidazole rings is 1. The summed E-state index contributed by atoms with van der Waals surface area (Å²) in [4.78, 5) is 41.0. The molecule has 0 saturated carbocycles. The van der Waals surface area contributed by atoms with Crippen molar-refractivity contribution in [1.82, 2.24) is 24.3 Å². The summed E-state index contributed by atoms with van der Waals surface area (Å²) >= 11 is 0. The van der Waals surface area contributed by atoms with Crippen LogP contribution in [0.4, 0.5) is 11.6 Å². The van der Waals surface area contributed by atoms with E-state index in [2.05, 4.69) is 32.4 Å². The van der Waals surface area contributed by atoms with Crippen LogP contribution in [0.1, 0.15) is 48.9 Å². The number of pyridine rings is 1. The molecule has 1 saturated heterocycles. The Kier molecular flexibility index (Phi) is 7.00. The number of rotatable bonds is 5. The van der Waals surface area contributed by atoms with E-state index in [1.807, 2.05) is 22.7 Å². The van der Waals surface area contributed by atoms with Gasteiger partial charge in [-0.1, -0.05) is 24.1 Å². The first kappa shape index (κ1) is 25.9. The van der Waals surface area contributed by atoms with E-state index in [-0.39, 0.29) is 17.9 Å². The lowest BCUT2D eigenvalue weighted by molar-refractivity contribution is -0.126. The number of likely N-dealkylation sites (tertiary alicyclic amines) is 1. The monoisotopic (exact) mass is 523 g/mol. The number of aliphatic hydroxyl groups is 1. The van der Waals surface area contributed by atoms with Crippen LogP contribution in [0.2, 0.25) is 0 Å². The van der Waals surface area contributed by atoms with Gasteiger partial charge in [0.2, 0.25) is 0 Å². The second-order valence-electron chi connectivity index (χ2n) is 9.78. The minimum Gasteiger partial charge on any atom is -0.378 e. The van der Waals surface area contributed by atoms with Crippen LogP contribution >= 0.6 is 0 Å². The molecule has 3 N–H and O–H groups in total. The zero-order chi connectivity index (χ0) is 27.6. The molecule has 1 aliphatic rings. The maximum atomic E-state index is 13.0. The van der Waals surface area contributed by atoms with Gasteiger partial charge >= 0.3 is 0 Å². The summed E-state index contributed by atoms with van der Waals surface area (Å²) in [6, 6.07) is 12.2. The van der Waals surface area contributed by atoms with Crippen LogP contribution in [-0.4, -0.2) is 60.4 Å². The van der Waals surface area contributed by atoms with Crippen molar-refractivity contribution in [2.45, 2.75) is 38.3 Å². The molecular weight excluding hydrogens is 494 g/mol. The molecule has 0 bridgehead atoms. The van der Waals surface area contributed by atoms with Gasteiger partial charge in [-0.15, -0.1) is 0 Å². The second-order valence-corrected chi connectivity index (χ2v) is 9.78. The Hall–Kier alpha value is -4.75. The summed E-state index contributed by atoms with van der Waals surface area (Å²) in [5, 5.41) is 15.9. The van der Waals surface area contributed by atoms with Crippen LogP contribution in [0, 0.1) is 11.8 Å². The number of anilines is 2. The van der Waals surface area contributed by atoms with Gasteiger partial charge in [0.25, 0.3) is 11.8 Å². The van der Waals surface area contributed by atoms with Crippen LogP contribution in [0.3, 0.4) is 0 Å². The molecule has 0 radical (unpaired) electrons. The normalized spacial score (nSPS) is 15.1. The molecule has 5 rings (SSSR count). The largest absolute Gasteiger partial charge is 0.378 e. The smallest absolute Gasteiger partial charge is 0.299 e. The molecule has 198 valence electrons. The Morgan fingerprint density at radius 2 is 1.90 bits per heavy atom. The molecule has 1 aromatic carbocycles. The number of carbonyl (C=O) groups is 2. The number of amides is 2. The number of benzene rings is 1. The van der Waals surface area contributed by atoms with E-state index in [4.69, 9.17) is 4.98 Å². The average molecular weight is 524 g/mol. The minimum atomic E-state index is -1.26. The van der Waals surface area contributed by atoms with Crippen LogP contribution in [0.25, 0.3) is 16.8 Å². The summed E-state index contributed by atoms with van der Waals surface area (Å²) in [5.74, 6) is 6.42. The fourth-order valence-electron chi connectivity index (χ4n) is 4.64. The molecule has 1 fully saturated rings. The van der Waals surface area contributed by atoms with Crippen molar-refractivity contribution in [2.75, 3.05) is 24.2 Å². The topological polar surface area (TPSA) is 125 Å². The van der Waals surface area contributed by atoms with Gasteiger partial charge in [-0.2, -0.15) is 0 Å². The van der Waals surface area contributed by atoms with E-state index in [1.54, 1.807) is 68.5 Å².